The normalized spacial score (nSPS) is 10.9. The zero-order chi connectivity index (χ0) is 20.4. The fourth-order valence-electron chi connectivity index (χ4n) is 2.53. The number of nitrogens with one attached hydrogen (secondary N) is 2. The Morgan fingerprint density at radius 2 is 1.82 bits per heavy atom. The molecule has 0 fully saturated rings. The average Bonchev–Trinajstić information content (AvgIpc) is 2.71. The molecule has 0 spiro atoms. The van der Waals surface area contributed by atoms with Crippen molar-refractivity contribution in [2.45, 2.75) is 19.8 Å². The molecule has 0 aliphatic rings. The summed E-state index contributed by atoms with van der Waals surface area (Å²) >= 11 is 0. The summed E-state index contributed by atoms with van der Waals surface area (Å²) in [6, 6.07) is 16.8. The number of ether oxygens (including phenoxy) is 2. The van der Waals surface area contributed by atoms with Gasteiger partial charge < -0.3 is 20.1 Å². The highest BCUT2D eigenvalue weighted by atomic mass is 16.5. The van der Waals surface area contributed by atoms with Crippen LogP contribution in [-0.4, -0.2) is 26.2 Å². The summed E-state index contributed by atoms with van der Waals surface area (Å²) in [6.07, 6.45) is 1.41. The molecule has 0 aliphatic heterocycles. The molecule has 28 heavy (non-hydrogen) atoms. The molecule has 0 saturated carbocycles. The quantitative estimate of drug-likeness (QED) is 0.393. The fraction of sp³-hybridized carbons (Fsp3) is 0.273. The van der Waals surface area contributed by atoms with Gasteiger partial charge in [-0.2, -0.15) is 5.26 Å². The van der Waals surface area contributed by atoms with Gasteiger partial charge in [-0.1, -0.05) is 32.0 Å². The van der Waals surface area contributed by atoms with Crippen molar-refractivity contribution >= 4 is 11.6 Å². The molecule has 0 heterocycles. The number of methoxy groups -OCH3 is 1. The molecule has 6 nitrogen and oxygen atoms in total. The number of hydrogen-bond donors (Lipinski definition) is 2. The Labute approximate surface area is 165 Å². The van der Waals surface area contributed by atoms with Crippen molar-refractivity contribution in [3.05, 3.63) is 65.9 Å². The minimum absolute atomic E-state index is 0.00278. The van der Waals surface area contributed by atoms with Gasteiger partial charge in [0.1, 0.15) is 29.7 Å². The van der Waals surface area contributed by atoms with Crippen molar-refractivity contribution in [1.29, 1.82) is 5.26 Å². The molecular formula is C22H25N3O3. The first-order chi connectivity index (χ1) is 13.5. The standard InChI is InChI=1S/C22H25N3O3/c1-16(2)20-6-4-5-7-21(20)25-22(26)17(14-23)15-24-12-13-28-19-10-8-18(27-3)9-11-19/h4-11,15-16,24H,12-13H2,1-3H3,(H,25,26)/b17-15-. The second-order valence-electron chi connectivity index (χ2n) is 6.34. The number of hydrogen-bond acceptors (Lipinski definition) is 5. The van der Waals surface area contributed by atoms with E-state index in [2.05, 4.69) is 24.5 Å². The lowest BCUT2D eigenvalue weighted by molar-refractivity contribution is -0.112. The van der Waals surface area contributed by atoms with E-state index in [1.54, 1.807) is 7.11 Å². The first-order valence-electron chi connectivity index (χ1n) is 9.06. The predicted octanol–water partition coefficient (Wildman–Crippen LogP) is 3.83. The van der Waals surface area contributed by atoms with Crippen LogP contribution >= 0.6 is 0 Å². The molecule has 1 amide bonds. The van der Waals surface area contributed by atoms with Crippen molar-refractivity contribution < 1.29 is 14.3 Å². The van der Waals surface area contributed by atoms with Gasteiger partial charge in [0.2, 0.25) is 0 Å². The summed E-state index contributed by atoms with van der Waals surface area (Å²) in [4.78, 5) is 12.4. The zero-order valence-electron chi connectivity index (χ0n) is 16.4. The lowest BCUT2D eigenvalue weighted by Crippen LogP contribution is -2.20. The van der Waals surface area contributed by atoms with Crippen molar-refractivity contribution in [2.24, 2.45) is 0 Å². The zero-order valence-corrected chi connectivity index (χ0v) is 16.4. The van der Waals surface area contributed by atoms with E-state index in [9.17, 15) is 10.1 Å². The maximum atomic E-state index is 12.4. The molecule has 0 radical (unpaired) electrons. The molecule has 0 aliphatic carbocycles. The molecule has 0 bridgehead atoms. The highest BCUT2D eigenvalue weighted by Gasteiger charge is 2.12. The van der Waals surface area contributed by atoms with Crippen LogP contribution in [0.5, 0.6) is 11.5 Å². The number of benzene rings is 2. The van der Waals surface area contributed by atoms with Crippen LogP contribution in [0.15, 0.2) is 60.3 Å². The van der Waals surface area contributed by atoms with E-state index < -0.39 is 5.91 Å². The number of anilines is 1. The number of nitrogens with zero attached hydrogens (tertiary/aromatic N) is 1. The molecule has 0 aromatic heterocycles. The lowest BCUT2D eigenvalue weighted by Gasteiger charge is -2.13. The van der Waals surface area contributed by atoms with Gasteiger partial charge in [0.05, 0.1) is 7.11 Å². The van der Waals surface area contributed by atoms with E-state index in [0.29, 0.717) is 18.8 Å². The molecular weight excluding hydrogens is 354 g/mol. The van der Waals surface area contributed by atoms with Gasteiger partial charge in [-0.3, -0.25) is 4.79 Å². The number of carbonyl (C=O) groups excluding carboxylic acids is 1. The van der Waals surface area contributed by atoms with Gasteiger partial charge in [0.15, 0.2) is 0 Å². The predicted molar refractivity (Wildman–Crippen MR) is 109 cm³/mol. The SMILES string of the molecule is COc1ccc(OCCN/C=C(/C#N)C(=O)Nc2ccccc2C(C)C)cc1. The first-order valence-corrected chi connectivity index (χ1v) is 9.06. The third-order valence-electron chi connectivity index (χ3n) is 4.02. The second-order valence-corrected chi connectivity index (χ2v) is 6.34. The minimum Gasteiger partial charge on any atom is -0.497 e. The molecule has 2 rings (SSSR count). The van der Waals surface area contributed by atoms with E-state index in [1.165, 1.54) is 6.20 Å². The van der Waals surface area contributed by atoms with Crippen molar-refractivity contribution in [3.63, 3.8) is 0 Å². The van der Waals surface area contributed by atoms with Crippen LogP contribution in [-0.2, 0) is 4.79 Å². The molecule has 2 N–H and O–H groups in total. The van der Waals surface area contributed by atoms with Crippen molar-refractivity contribution in [1.82, 2.24) is 5.32 Å². The Kier molecular flexibility index (Phi) is 7.92. The van der Waals surface area contributed by atoms with E-state index in [-0.39, 0.29) is 11.5 Å². The second kappa shape index (κ2) is 10.6. The summed E-state index contributed by atoms with van der Waals surface area (Å²) in [6.45, 7) is 4.94. The van der Waals surface area contributed by atoms with Crippen LogP contribution in [0.4, 0.5) is 5.69 Å². The highest BCUT2D eigenvalue weighted by Crippen LogP contribution is 2.24. The first kappa shape index (κ1) is 20.8. The van der Waals surface area contributed by atoms with Gasteiger partial charge in [-0.25, -0.2) is 0 Å². The number of amides is 1. The van der Waals surface area contributed by atoms with Crippen molar-refractivity contribution in [3.8, 4) is 17.6 Å². The third kappa shape index (κ3) is 6.06. The summed E-state index contributed by atoms with van der Waals surface area (Å²) in [5.41, 5.74) is 1.74. The van der Waals surface area contributed by atoms with E-state index >= 15 is 0 Å². The largest absolute Gasteiger partial charge is 0.497 e. The van der Waals surface area contributed by atoms with Crippen LogP contribution in [0.25, 0.3) is 0 Å². The Morgan fingerprint density at radius 1 is 1.14 bits per heavy atom. The van der Waals surface area contributed by atoms with Gasteiger partial charge in [0, 0.05) is 18.4 Å². The fourth-order valence-corrected chi connectivity index (χ4v) is 2.53. The molecule has 146 valence electrons. The molecule has 2 aromatic rings. The van der Waals surface area contributed by atoms with Crippen LogP contribution in [0.2, 0.25) is 0 Å². The minimum atomic E-state index is -0.445. The molecule has 0 unspecified atom stereocenters. The number of rotatable bonds is 9. The van der Waals surface area contributed by atoms with E-state index in [0.717, 1.165) is 17.1 Å². The van der Waals surface area contributed by atoms with Crippen LogP contribution in [0.1, 0.15) is 25.3 Å². The summed E-state index contributed by atoms with van der Waals surface area (Å²) in [5, 5.41) is 15.0. The van der Waals surface area contributed by atoms with Gasteiger partial charge in [-0.05, 0) is 41.8 Å². The summed E-state index contributed by atoms with van der Waals surface area (Å²) in [5.74, 6) is 1.30. The van der Waals surface area contributed by atoms with Gasteiger partial charge in [0.25, 0.3) is 5.91 Å². The van der Waals surface area contributed by atoms with E-state index in [4.69, 9.17) is 9.47 Å². The maximum Gasteiger partial charge on any atom is 0.267 e. The average molecular weight is 379 g/mol. The monoisotopic (exact) mass is 379 g/mol. The van der Waals surface area contributed by atoms with Crippen LogP contribution in [0, 0.1) is 11.3 Å². The Balaban J connectivity index is 1.85. The Bertz CT molecular complexity index is 852. The Hall–Kier alpha value is -3.46. The topological polar surface area (TPSA) is 83.4 Å². The van der Waals surface area contributed by atoms with Gasteiger partial charge in [-0.15, -0.1) is 0 Å². The molecule has 0 saturated heterocycles. The number of para-hydroxylation sites is 1. The number of carbonyl (C=O) groups is 1. The molecule has 0 atom stereocenters. The third-order valence-corrected chi connectivity index (χ3v) is 4.02. The lowest BCUT2D eigenvalue weighted by atomic mass is 10.0. The molecule has 2 aromatic carbocycles. The Morgan fingerprint density at radius 3 is 2.46 bits per heavy atom. The molecule has 6 heteroatoms. The van der Waals surface area contributed by atoms with Crippen molar-refractivity contribution in [2.75, 3.05) is 25.6 Å². The highest BCUT2D eigenvalue weighted by molar-refractivity contribution is 6.06. The van der Waals surface area contributed by atoms with E-state index in [1.807, 2.05) is 54.6 Å². The maximum absolute atomic E-state index is 12.4. The van der Waals surface area contributed by atoms with Gasteiger partial charge >= 0.3 is 0 Å². The summed E-state index contributed by atoms with van der Waals surface area (Å²) in [7, 11) is 1.61. The smallest absolute Gasteiger partial charge is 0.267 e. The van der Waals surface area contributed by atoms with Crippen LogP contribution in [0.3, 0.4) is 0 Å². The number of nitriles is 1. The van der Waals surface area contributed by atoms with Crippen LogP contribution < -0.4 is 20.1 Å². The summed E-state index contributed by atoms with van der Waals surface area (Å²) < 4.78 is 10.7.